The third-order valence-electron chi connectivity index (χ3n) is 5.27. The number of thioether (sulfide) groups is 1. The zero-order valence-corrected chi connectivity index (χ0v) is 21.3. The molecule has 0 atom stereocenters. The molecule has 0 bridgehead atoms. The fourth-order valence-electron chi connectivity index (χ4n) is 3.68. The first-order valence-corrected chi connectivity index (χ1v) is 12.3. The largest absolute Gasteiger partial charge is 0.491 e. The number of thiocarbonyl (C=S) groups is 1. The van der Waals surface area contributed by atoms with Gasteiger partial charge in [0.15, 0.2) is 0 Å². The van der Waals surface area contributed by atoms with E-state index in [0.29, 0.717) is 22.4 Å². The van der Waals surface area contributed by atoms with Crippen LogP contribution >= 0.6 is 24.0 Å². The molecule has 0 spiro atoms. The van der Waals surface area contributed by atoms with E-state index in [0.717, 1.165) is 33.8 Å². The minimum Gasteiger partial charge on any atom is -0.491 e. The summed E-state index contributed by atoms with van der Waals surface area (Å²) in [4.78, 5) is 15.2. The Kier molecular flexibility index (Phi) is 7.50. The van der Waals surface area contributed by atoms with Gasteiger partial charge in [-0.05, 0) is 62.7 Å². The Morgan fingerprint density at radius 3 is 2.62 bits per heavy atom. The topological polar surface area (TPSA) is 56.6 Å². The number of hydrogen-bond donors (Lipinski definition) is 0. The van der Waals surface area contributed by atoms with Crippen LogP contribution in [0.5, 0.6) is 5.75 Å². The summed E-state index contributed by atoms with van der Waals surface area (Å²) in [6.45, 7) is 6.92. The molecule has 8 heteroatoms. The van der Waals surface area contributed by atoms with Gasteiger partial charge in [-0.3, -0.25) is 9.69 Å². The number of carbonyl (C=O) groups is 1. The highest BCUT2D eigenvalue weighted by atomic mass is 32.2. The van der Waals surface area contributed by atoms with Crippen molar-refractivity contribution >= 4 is 40.3 Å². The van der Waals surface area contributed by atoms with E-state index in [1.807, 2.05) is 86.3 Å². The molecule has 0 aliphatic carbocycles. The number of benzene rings is 2. The van der Waals surface area contributed by atoms with Crippen molar-refractivity contribution < 1.29 is 14.3 Å². The molecule has 4 rings (SSSR count). The molecule has 34 heavy (non-hydrogen) atoms. The number of para-hydroxylation sites is 1. The predicted molar refractivity (Wildman–Crippen MR) is 141 cm³/mol. The molecule has 1 fully saturated rings. The number of amides is 1. The summed E-state index contributed by atoms with van der Waals surface area (Å²) < 4.78 is 13.4. The highest BCUT2D eigenvalue weighted by molar-refractivity contribution is 8.26. The van der Waals surface area contributed by atoms with E-state index >= 15 is 0 Å². The van der Waals surface area contributed by atoms with E-state index < -0.39 is 0 Å². The average molecular weight is 494 g/mol. The standard InChI is InChI=1S/C26H27N3O3S2/c1-17(2)32-21-10-11-22(18(3)14-21)24-19(16-29(27-24)20-8-6-5-7-9-20)15-23-25(30)28(12-13-31-4)26(33)34-23/h5-11,14-17H,12-13H2,1-4H3/b23-15-. The number of carbonyl (C=O) groups excluding carboxylic acids is 1. The first-order valence-electron chi connectivity index (χ1n) is 11.0. The molecular weight excluding hydrogens is 466 g/mol. The quantitative estimate of drug-likeness (QED) is 0.306. The fraction of sp³-hybridized carbons (Fsp3) is 0.269. The van der Waals surface area contributed by atoms with Crippen molar-refractivity contribution in [2.45, 2.75) is 26.9 Å². The Morgan fingerprint density at radius 1 is 1.18 bits per heavy atom. The Bertz CT molecular complexity index is 1240. The maximum Gasteiger partial charge on any atom is 0.266 e. The third-order valence-corrected chi connectivity index (χ3v) is 6.65. The minimum absolute atomic E-state index is 0.0955. The molecule has 0 radical (unpaired) electrons. The summed E-state index contributed by atoms with van der Waals surface area (Å²) >= 11 is 6.74. The summed E-state index contributed by atoms with van der Waals surface area (Å²) in [5.41, 5.74) is 4.59. The highest BCUT2D eigenvalue weighted by Gasteiger charge is 2.32. The van der Waals surface area contributed by atoms with Gasteiger partial charge in [-0.1, -0.05) is 42.2 Å². The minimum atomic E-state index is -0.108. The van der Waals surface area contributed by atoms with Crippen molar-refractivity contribution in [3.63, 3.8) is 0 Å². The van der Waals surface area contributed by atoms with Crippen LogP contribution in [0.15, 0.2) is 59.6 Å². The highest BCUT2D eigenvalue weighted by Crippen LogP contribution is 2.36. The van der Waals surface area contributed by atoms with Gasteiger partial charge in [0.05, 0.1) is 29.8 Å². The second-order valence-electron chi connectivity index (χ2n) is 8.18. The van der Waals surface area contributed by atoms with E-state index in [4.69, 9.17) is 26.8 Å². The zero-order valence-electron chi connectivity index (χ0n) is 19.6. The summed E-state index contributed by atoms with van der Waals surface area (Å²) in [6, 6.07) is 15.9. The lowest BCUT2D eigenvalue weighted by Crippen LogP contribution is -2.31. The van der Waals surface area contributed by atoms with Gasteiger partial charge in [-0.15, -0.1) is 0 Å². The molecule has 1 amide bonds. The van der Waals surface area contributed by atoms with Crippen molar-refractivity contribution in [1.29, 1.82) is 0 Å². The molecule has 0 unspecified atom stereocenters. The second kappa shape index (κ2) is 10.5. The van der Waals surface area contributed by atoms with Crippen molar-refractivity contribution in [3.05, 3.63) is 70.8 Å². The van der Waals surface area contributed by atoms with Crippen LogP contribution in [-0.2, 0) is 9.53 Å². The number of nitrogens with zero attached hydrogens (tertiary/aromatic N) is 3. The number of ether oxygens (including phenoxy) is 2. The molecule has 1 aliphatic rings. The van der Waals surface area contributed by atoms with Gasteiger partial charge in [0.25, 0.3) is 5.91 Å². The van der Waals surface area contributed by atoms with E-state index in [1.165, 1.54) is 11.8 Å². The van der Waals surface area contributed by atoms with E-state index in [-0.39, 0.29) is 12.0 Å². The molecule has 1 aliphatic heterocycles. The van der Waals surface area contributed by atoms with Gasteiger partial charge in [-0.25, -0.2) is 4.68 Å². The van der Waals surface area contributed by atoms with E-state index in [2.05, 4.69) is 0 Å². The van der Waals surface area contributed by atoms with Gasteiger partial charge >= 0.3 is 0 Å². The van der Waals surface area contributed by atoms with Crippen molar-refractivity contribution in [2.75, 3.05) is 20.3 Å². The summed E-state index contributed by atoms with van der Waals surface area (Å²) in [5.74, 6) is 0.710. The average Bonchev–Trinajstić information content (AvgIpc) is 3.33. The molecule has 6 nitrogen and oxygen atoms in total. The molecule has 2 heterocycles. The summed E-state index contributed by atoms with van der Waals surface area (Å²) in [6.07, 6.45) is 3.93. The molecule has 0 saturated carbocycles. The van der Waals surface area contributed by atoms with Gasteiger partial charge in [0.2, 0.25) is 0 Å². The number of hydrogen-bond acceptors (Lipinski definition) is 6. The van der Waals surface area contributed by atoms with Crippen LogP contribution in [0.3, 0.4) is 0 Å². The van der Waals surface area contributed by atoms with Crippen molar-refractivity contribution in [1.82, 2.24) is 14.7 Å². The van der Waals surface area contributed by atoms with E-state index in [9.17, 15) is 4.79 Å². The first kappa shape index (κ1) is 24.2. The number of aryl methyl sites for hydroxylation is 1. The number of rotatable bonds is 8. The fourth-order valence-corrected chi connectivity index (χ4v) is 4.98. The molecule has 1 aromatic heterocycles. The van der Waals surface area contributed by atoms with Crippen LogP contribution in [0.4, 0.5) is 0 Å². The summed E-state index contributed by atoms with van der Waals surface area (Å²) in [5, 5.41) is 4.90. The Balaban J connectivity index is 1.77. The van der Waals surface area contributed by atoms with Crippen LogP contribution in [0.2, 0.25) is 0 Å². The van der Waals surface area contributed by atoms with Gasteiger partial charge in [0, 0.05) is 24.4 Å². The lowest BCUT2D eigenvalue weighted by Gasteiger charge is -2.13. The smallest absolute Gasteiger partial charge is 0.266 e. The van der Waals surface area contributed by atoms with Crippen LogP contribution < -0.4 is 4.74 Å². The van der Waals surface area contributed by atoms with Gasteiger partial charge in [0.1, 0.15) is 15.8 Å². The Labute approximate surface area is 209 Å². The lowest BCUT2D eigenvalue weighted by molar-refractivity contribution is -0.122. The van der Waals surface area contributed by atoms with Gasteiger partial charge in [-0.2, -0.15) is 5.10 Å². The van der Waals surface area contributed by atoms with Crippen molar-refractivity contribution in [2.24, 2.45) is 0 Å². The van der Waals surface area contributed by atoms with Crippen LogP contribution in [0.1, 0.15) is 25.0 Å². The molecule has 1 saturated heterocycles. The maximum atomic E-state index is 13.0. The molecule has 0 N–H and O–H groups in total. The van der Waals surface area contributed by atoms with E-state index in [1.54, 1.807) is 12.0 Å². The van der Waals surface area contributed by atoms with Crippen molar-refractivity contribution in [3.8, 4) is 22.7 Å². The normalized spacial score (nSPS) is 15.1. The number of methoxy groups -OCH3 is 1. The molecule has 2 aromatic carbocycles. The summed E-state index contributed by atoms with van der Waals surface area (Å²) in [7, 11) is 1.61. The number of aromatic nitrogens is 2. The lowest BCUT2D eigenvalue weighted by atomic mass is 10.0. The molecular formula is C26H27N3O3S2. The van der Waals surface area contributed by atoms with Gasteiger partial charge < -0.3 is 9.47 Å². The SMILES string of the molecule is COCCN1C(=O)/C(=C/c2cn(-c3ccccc3)nc2-c2ccc(OC(C)C)cc2C)SC1=S. The second-order valence-corrected chi connectivity index (χ2v) is 9.86. The van der Waals surface area contributed by atoms with Crippen LogP contribution in [0, 0.1) is 6.92 Å². The molecule has 176 valence electrons. The third kappa shape index (κ3) is 5.24. The zero-order chi connectivity index (χ0) is 24.2. The first-order chi connectivity index (χ1) is 16.4. The Hall–Kier alpha value is -2.94. The predicted octanol–water partition coefficient (Wildman–Crippen LogP) is 5.48. The monoisotopic (exact) mass is 493 g/mol. The Morgan fingerprint density at radius 2 is 1.94 bits per heavy atom. The van der Waals surface area contributed by atoms with Crippen LogP contribution in [0.25, 0.3) is 23.0 Å². The maximum absolute atomic E-state index is 13.0. The van der Waals surface area contributed by atoms with Crippen LogP contribution in [-0.4, -0.2) is 51.3 Å². The molecule has 3 aromatic rings.